The summed E-state index contributed by atoms with van der Waals surface area (Å²) in [5.74, 6) is -1.89. The van der Waals surface area contributed by atoms with Crippen molar-refractivity contribution in [2.45, 2.75) is 31.3 Å². The number of H-pyrrole nitrogens is 1. The Labute approximate surface area is 126 Å². The molecule has 9 nitrogen and oxygen atoms in total. The highest BCUT2D eigenvalue weighted by Gasteiger charge is 2.33. The molecule has 2 atom stereocenters. The summed E-state index contributed by atoms with van der Waals surface area (Å²) in [6.45, 7) is 0.144. The van der Waals surface area contributed by atoms with Crippen LogP contribution < -0.4 is 11.1 Å². The molecular formula is C13H19N5O4. The van der Waals surface area contributed by atoms with Crippen molar-refractivity contribution in [1.82, 2.24) is 20.2 Å². The standard InChI is InChI=1S/C13H19N5O4/c14-9(4-8-5-15-7-17-8)12(20)16-6-11(19)18-3-1-2-10(18)13(21)22/h5,7,9-10H,1-4,6,14H2,(H,15,17)(H,16,20)(H,21,22)/t9-,10+/m0/s1. The summed E-state index contributed by atoms with van der Waals surface area (Å²) in [6.07, 6.45) is 4.43. The zero-order valence-electron chi connectivity index (χ0n) is 12.0. The van der Waals surface area contributed by atoms with E-state index in [1.165, 1.54) is 11.2 Å². The molecule has 0 spiro atoms. The van der Waals surface area contributed by atoms with Crippen LogP contribution in [0.15, 0.2) is 12.5 Å². The van der Waals surface area contributed by atoms with Crippen molar-refractivity contribution in [3.63, 3.8) is 0 Å². The number of nitrogens with one attached hydrogen (secondary N) is 2. The summed E-state index contributed by atoms with van der Waals surface area (Å²) < 4.78 is 0. The largest absolute Gasteiger partial charge is 0.480 e. The number of carbonyl (C=O) groups excluding carboxylic acids is 2. The number of amides is 2. The lowest BCUT2D eigenvalue weighted by Gasteiger charge is -2.22. The first-order chi connectivity index (χ1) is 10.5. The fraction of sp³-hybridized carbons (Fsp3) is 0.538. The molecule has 2 rings (SSSR count). The highest BCUT2D eigenvalue weighted by molar-refractivity contribution is 5.89. The van der Waals surface area contributed by atoms with Crippen molar-refractivity contribution >= 4 is 17.8 Å². The van der Waals surface area contributed by atoms with Gasteiger partial charge in [0.25, 0.3) is 0 Å². The zero-order valence-corrected chi connectivity index (χ0v) is 12.0. The number of imidazole rings is 1. The molecule has 2 amide bonds. The number of carboxylic acid groups (broad SMARTS) is 1. The van der Waals surface area contributed by atoms with Crippen LogP contribution in [0.1, 0.15) is 18.5 Å². The van der Waals surface area contributed by atoms with Crippen molar-refractivity contribution in [2.24, 2.45) is 5.73 Å². The smallest absolute Gasteiger partial charge is 0.326 e. The molecular weight excluding hydrogens is 290 g/mol. The Morgan fingerprint density at radius 1 is 1.55 bits per heavy atom. The summed E-state index contributed by atoms with van der Waals surface area (Å²) in [7, 11) is 0. The minimum Gasteiger partial charge on any atom is -0.480 e. The van der Waals surface area contributed by atoms with Crippen molar-refractivity contribution in [2.75, 3.05) is 13.1 Å². The Kier molecular flexibility index (Phi) is 5.10. The first-order valence-corrected chi connectivity index (χ1v) is 7.02. The highest BCUT2D eigenvalue weighted by atomic mass is 16.4. The van der Waals surface area contributed by atoms with E-state index in [1.807, 2.05) is 0 Å². The third-order valence-corrected chi connectivity index (χ3v) is 3.60. The van der Waals surface area contributed by atoms with Gasteiger partial charge < -0.3 is 26.0 Å². The molecule has 5 N–H and O–H groups in total. The van der Waals surface area contributed by atoms with Crippen LogP contribution in [0, 0.1) is 0 Å². The Hall–Kier alpha value is -2.42. The number of carboxylic acids is 1. The summed E-state index contributed by atoms with van der Waals surface area (Å²) in [4.78, 5) is 42.8. The van der Waals surface area contributed by atoms with Gasteiger partial charge in [-0.15, -0.1) is 0 Å². The van der Waals surface area contributed by atoms with E-state index in [9.17, 15) is 14.4 Å². The Morgan fingerprint density at radius 3 is 2.95 bits per heavy atom. The highest BCUT2D eigenvalue weighted by Crippen LogP contribution is 2.17. The fourth-order valence-electron chi connectivity index (χ4n) is 2.44. The monoisotopic (exact) mass is 309 g/mol. The molecule has 9 heteroatoms. The minimum absolute atomic E-state index is 0.251. The Balaban J connectivity index is 1.80. The normalized spacial score (nSPS) is 19.0. The molecule has 0 aliphatic carbocycles. The maximum atomic E-state index is 12.0. The Morgan fingerprint density at radius 2 is 2.32 bits per heavy atom. The SMILES string of the molecule is N[C@@H](Cc1cnc[nH]1)C(=O)NCC(=O)N1CCC[C@@H]1C(=O)O. The lowest BCUT2D eigenvalue weighted by molar-refractivity contribution is -0.148. The van der Waals surface area contributed by atoms with Gasteiger partial charge in [-0.1, -0.05) is 0 Å². The van der Waals surface area contributed by atoms with Crippen molar-refractivity contribution in [3.8, 4) is 0 Å². The molecule has 0 bridgehead atoms. The number of hydrogen-bond acceptors (Lipinski definition) is 5. The summed E-state index contributed by atoms with van der Waals surface area (Å²) in [6, 6.07) is -1.61. The molecule has 1 aromatic heterocycles. The predicted octanol–water partition coefficient (Wildman–Crippen LogP) is -1.53. The molecule has 0 aromatic carbocycles. The van der Waals surface area contributed by atoms with E-state index >= 15 is 0 Å². The first-order valence-electron chi connectivity index (χ1n) is 7.02. The van der Waals surface area contributed by atoms with Crippen molar-refractivity contribution in [1.29, 1.82) is 0 Å². The van der Waals surface area contributed by atoms with Crippen LogP contribution in [-0.2, 0) is 20.8 Å². The van der Waals surface area contributed by atoms with Crippen LogP contribution in [0.5, 0.6) is 0 Å². The number of aromatic nitrogens is 2. The molecule has 22 heavy (non-hydrogen) atoms. The quantitative estimate of drug-likeness (QED) is 0.502. The molecule has 0 unspecified atom stereocenters. The number of carbonyl (C=O) groups is 3. The summed E-state index contributed by atoms with van der Waals surface area (Å²) >= 11 is 0. The second-order valence-electron chi connectivity index (χ2n) is 5.19. The zero-order chi connectivity index (χ0) is 16.1. The number of nitrogens with zero attached hydrogens (tertiary/aromatic N) is 2. The molecule has 0 radical (unpaired) electrons. The van der Waals surface area contributed by atoms with E-state index in [-0.39, 0.29) is 13.0 Å². The van der Waals surface area contributed by atoms with Gasteiger partial charge in [-0.2, -0.15) is 0 Å². The van der Waals surface area contributed by atoms with Gasteiger partial charge in [0.05, 0.1) is 18.9 Å². The lowest BCUT2D eigenvalue weighted by atomic mass is 10.1. The van der Waals surface area contributed by atoms with Gasteiger partial charge in [-0.3, -0.25) is 9.59 Å². The average Bonchev–Trinajstić information content (AvgIpc) is 3.14. The number of hydrogen-bond donors (Lipinski definition) is 4. The average molecular weight is 309 g/mol. The molecule has 0 saturated carbocycles. The lowest BCUT2D eigenvalue weighted by Crippen LogP contribution is -2.49. The maximum Gasteiger partial charge on any atom is 0.326 e. The van der Waals surface area contributed by atoms with Gasteiger partial charge in [0.1, 0.15) is 6.04 Å². The first kappa shape index (κ1) is 16.0. The molecule has 1 saturated heterocycles. The summed E-state index contributed by atoms with van der Waals surface area (Å²) in [5, 5.41) is 11.5. The molecule has 1 aliphatic rings. The van der Waals surface area contributed by atoms with E-state index in [1.54, 1.807) is 6.20 Å². The van der Waals surface area contributed by atoms with Crippen LogP contribution >= 0.6 is 0 Å². The van der Waals surface area contributed by atoms with E-state index in [4.69, 9.17) is 10.8 Å². The number of nitrogens with two attached hydrogens (primary N) is 1. The topological polar surface area (TPSA) is 141 Å². The second-order valence-corrected chi connectivity index (χ2v) is 5.19. The Bertz CT molecular complexity index is 545. The predicted molar refractivity (Wildman–Crippen MR) is 75.6 cm³/mol. The summed E-state index contributed by atoms with van der Waals surface area (Å²) in [5.41, 5.74) is 6.47. The van der Waals surface area contributed by atoms with Gasteiger partial charge in [-0.25, -0.2) is 9.78 Å². The van der Waals surface area contributed by atoms with E-state index in [2.05, 4.69) is 15.3 Å². The van der Waals surface area contributed by atoms with E-state index < -0.39 is 29.9 Å². The number of rotatable bonds is 6. The maximum absolute atomic E-state index is 12.0. The van der Waals surface area contributed by atoms with Gasteiger partial charge in [-0.05, 0) is 12.8 Å². The molecule has 2 heterocycles. The van der Waals surface area contributed by atoms with Gasteiger partial charge in [0.15, 0.2) is 0 Å². The van der Waals surface area contributed by atoms with Crippen LogP contribution in [0.2, 0.25) is 0 Å². The molecule has 1 aromatic rings. The third-order valence-electron chi connectivity index (χ3n) is 3.60. The van der Waals surface area contributed by atoms with Crippen LogP contribution in [0.25, 0.3) is 0 Å². The van der Waals surface area contributed by atoms with Gasteiger partial charge >= 0.3 is 5.97 Å². The van der Waals surface area contributed by atoms with Crippen LogP contribution in [-0.4, -0.2) is 62.9 Å². The van der Waals surface area contributed by atoms with Crippen molar-refractivity contribution in [3.05, 3.63) is 18.2 Å². The second kappa shape index (κ2) is 7.03. The third kappa shape index (κ3) is 3.82. The molecule has 1 aliphatic heterocycles. The minimum atomic E-state index is -1.02. The van der Waals surface area contributed by atoms with Crippen LogP contribution in [0.4, 0.5) is 0 Å². The van der Waals surface area contributed by atoms with Crippen molar-refractivity contribution < 1.29 is 19.5 Å². The fourth-order valence-corrected chi connectivity index (χ4v) is 2.44. The molecule has 120 valence electrons. The number of aliphatic carboxylic acids is 1. The van der Waals surface area contributed by atoms with Gasteiger partial charge in [0.2, 0.25) is 11.8 Å². The van der Waals surface area contributed by atoms with E-state index in [0.29, 0.717) is 19.4 Å². The molecule has 1 fully saturated rings. The van der Waals surface area contributed by atoms with E-state index in [0.717, 1.165) is 5.69 Å². The number of likely N-dealkylation sites (tertiary alicyclic amines) is 1. The number of aromatic amines is 1. The van der Waals surface area contributed by atoms with Gasteiger partial charge in [0, 0.05) is 24.9 Å². The van der Waals surface area contributed by atoms with Crippen LogP contribution in [0.3, 0.4) is 0 Å².